The van der Waals surface area contributed by atoms with Gasteiger partial charge in [-0.15, -0.1) is 0 Å². The molecular weight excluding hydrogens is 458 g/mol. The van der Waals surface area contributed by atoms with Crippen molar-refractivity contribution >= 4 is 46.2 Å². The molecule has 0 saturated carbocycles. The van der Waals surface area contributed by atoms with Gasteiger partial charge < -0.3 is 9.30 Å². The lowest BCUT2D eigenvalue weighted by molar-refractivity contribution is -0.140. The number of halogens is 5. The first kappa shape index (κ1) is 23.1. The molecule has 0 bridgehead atoms. The summed E-state index contributed by atoms with van der Waals surface area (Å²) in [6.07, 6.45) is -2.78. The van der Waals surface area contributed by atoms with E-state index >= 15 is 0 Å². The second kappa shape index (κ2) is 8.37. The van der Waals surface area contributed by atoms with E-state index in [9.17, 15) is 17.6 Å². The number of hydrogen-bond acceptors (Lipinski definition) is 5. The highest BCUT2D eigenvalue weighted by Gasteiger charge is 2.36. The summed E-state index contributed by atoms with van der Waals surface area (Å²) in [5, 5.41) is -2.31. The van der Waals surface area contributed by atoms with Gasteiger partial charge in [-0.3, -0.25) is 0 Å². The minimum atomic E-state index is -4.81. The van der Waals surface area contributed by atoms with E-state index in [0.717, 1.165) is 6.07 Å². The molecule has 0 spiro atoms. The van der Waals surface area contributed by atoms with Crippen molar-refractivity contribution in [3.05, 3.63) is 65.1 Å². The van der Waals surface area contributed by atoms with Crippen LogP contribution >= 0.6 is 11.6 Å². The number of imidazole rings is 1. The van der Waals surface area contributed by atoms with Crippen LogP contribution in [0.3, 0.4) is 0 Å². The Morgan fingerprint density at radius 1 is 1.06 bits per heavy atom. The van der Waals surface area contributed by atoms with E-state index in [0.29, 0.717) is 27.4 Å². The first-order chi connectivity index (χ1) is 15.4. The van der Waals surface area contributed by atoms with Crippen LogP contribution in [0.15, 0.2) is 42.7 Å². The molecule has 0 aliphatic rings. The lowest BCUT2D eigenvalue weighted by Gasteiger charge is -2.25. The van der Waals surface area contributed by atoms with Crippen LogP contribution in [-0.4, -0.2) is 48.0 Å². The molecule has 4 aromatic rings. The third-order valence-electron chi connectivity index (χ3n) is 4.46. The first-order valence-electron chi connectivity index (χ1n) is 9.17. The number of nitrogens with zero attached hydrogens (tertiary/aromatic N) is 5. The molecule has 0 aliphatic heterocycles. The van der Waals surface area contributed by atoms with Gasteiger partial charge in [-0.1, -0.05) is 11.3 Å². The zero-order valence-electron chi connectivity index (χ0n) is 16.5. The zero-order chi connectivity index (χ0) is 24.0. The SMILES string of the molecule is [B]C([B])([B])n1cc(C(F)(F)F)nc1-c1ccc(COc2nc(Cl)nc3cccnc23)cc1F. The second-order valence-electron chi connectivity index (χ2n) is 6.98. The summed E-state index contributed by atoms with van der Waals surface area (Å²) in [6, 6.07) is 7.03. The fourth-order valence-electron chi connectivity index (χ4n) is 3.00. The van der Waals surface area contributed by atoms with E-state index in [2.05, 4.69) is 19.9 Å². The molecule has 3 aromatic heterocycles. The van der Waals surface area contributed by atoms with Crippen LogP contribution in [0.2, 0.25) is 5.28 Å². The number of alkyl halides is 3. The van der Waals surface area contributed by atoms with E-state index in [1.807, 2.05) is 0 Å². The number of pyridine rings is 1. The van der Waals surface area contributed by atoms with Gasteiger partial charge in [-0.2, -0.15) is 18.2 Å². The molecule has 14 heteroatoms. The quantitative estimate of drug-likeness (QED) is 0.256. The Balaban J connectivity index is 1.65. The van der Waals surface area contributed by atoms with E-state index in [1.54, 1.807) is 12.1 Å². The Bertz CT molecular complexity index is 1340. The van der Waals surface area contributed by atoms with Crippen molar-refractivity contribution < 1.29 is 22.3 Å². The largest absolute Gasteiger partial charge is 0.471 e. The molecule has 4 rings (SSSR count). The maximum atomic E-state index is 14.9. The Kier molecular flexibility index (Phi) is 5.85. The summed E-state index contributed by atoms with van der Waals surface area (Å²) in [7, 11) is 16.6. The van der Waals surface area contributed by atoms with Gasteiger partial charge in [0.05, 0.1) is 34.6 Å². The predicted octanol–water partition coefficient (Wildman–Crippen LogP) is 3.35. The monoisotopic (exact) mass is 467 g/mol. The molecular formula is C19H9B3ClF4N5O. The van der Waals surface area contributed by atoms with Crippen molar-refractivity contribution in [3.8, 4) is 17.3 Å². The van der Waals surface area contributed by atoms with Gasteiger partial charge in [0.15, 0.2) is 11.2 Å². The minimum absolute atomic E-state index is 0.0619. The van der Waals surface area contributed by atoms with Gasteiger partial charge in [-0.05, 0) is 41.4 Å². The molecule has 0 atom stereocenters. The van der Waals surface area contributed by atoms with Gasteiger partial charge in [0, 0.05) is 12.4 Å². The van der Waals surface area contributed by atoms with Gasteiger partial charge in [0.1, 0.15) is 18.2 Å². The van der Waals surface area contributed by atoms with Crippen molar-refractivity contribution in [1.82, 2.24) is 24.5 Å². The molecule has 0 saturated heterocycles. The molecule has 0 N–H and O–H groups in total. The van der Waals surface area contributed by atoms with Gasteiger partial charge >= 0.3 is 6.18 Å². The van der Waals surface area contributed by atoms with Crippen LogP contribution in [0.1, 0.15) is 11.3 Å². The highest BCUT2D eigenvalue weighted by atomic mass is 35.5. The van der Waals surface area contributed by atoms with Crippen LogP contribution in [0.5, 0.6) is 5.88 Å². The van der Waals surface area contributed by atoms with Gasteiger partial charge in [0.25, 0.3) is 0 Å². The average Bonchev–Trinajstić information content (AvgIpc) is 3.18. The number of hydrogen-bond donors (Lipinski definition) is 0. The molecule has 3 heterocycles. The van der Waals surface area contributed by atoms with E-state index < -0.39 is 28.7 Å². The van der Waals surface area contributed by atoms with Crippen molar-refractivity contribution in [1.29, 1.82) is 0 Å². The standard InChI is InChI=1S/C19H9B3ClF4N5O/c20-19(21,22)32-7-13(18(25,26)27)30-15(32)10-4-3-9(6-11(10)24)8-33-16-14-12(2-1-5-28-14)29-17(23)31-16/h1-7H,8H2. The number of aromatic nitrogens is 5. The lowest BCUT2D eigenvalue weighted by atomic mass is 9.49. The predicted molar refractivity (Wildman–Crippen MR) is 115 cm³/mol. The molecule has 160 valence electrons. The third-order valence-corrected chi connectivity index (χ3v) is 4.63. The molecule has 6 radical (unpaired) electrons. The molecule has 0 fully saturated rings. The molecule has 0 amide bonds. The Morgan fingerprint density at radius 3 is 2.48 bits per heavy atom. The molecule has 6 nitrogen and oxygen atoms in total. The highest BCUT2D eigenvalue weighted by molar-refractivity contribution is 6.56. The second-order valence-corrected chi connectivity index (χ2v) is 7.31. The summed E-state index contributed by atoms with van der Waals surface area (Å²) in [5.74, 6) is -1.30. The van der Waals surface area contributed by atoms with E-state index in [4.69, 9.17) is 39.9 Å². The highest BCUT2D eigenvalue weighted by Crippen LogP contribution is 2.33. The fraction of sp³-hybridized carbons (Fsp3) is 0.158. The van der Waals surface area contributed by atoms with Crippen molar-refractivity contribution in [2.24, 2.45) is 0 Å². The topological polar surface area (TPSA) is 65.7 Å². The molecule has 0 aliphatic carbocycles. The molecule has 1 aromatic carbocycles. The lowest BCUT2D eigenvalue weighted by Crippen LogP contribution is -2.35. The van der Waals surface area contributed by atoms with Crippen LogP contribution in [0, 0.1) is 5.82 Å². The normalized spacial score (nSPS) is 12.3. The summed E-state index contributed by atoms with van der Waals surface area (Å²) in [6.45, 7) is -0.146. The summed E-state index contributed by atoms with van der Waals surface area (Å²) in [5.41, 5.74) is -0.475. The van der Waals surface area contributed by atoms with E-state index in [1.165, 1.54) is 18.3 Å². The number of benzene rings is 1. The van der Waals surface area contributed by atoms with Gasteiger partial charge in [0.2, 0.25) is 11.2 Å². The zero-order valence-corrected chi connectivity index (χ0v) is 17.3. The van der Waals surface area contributed by atoms with Crippen molar-refractivity contribution in [2.75, 3.05) is 0 Å². The Hall–Kier alpha value is -3.08. The Morgan fingerprint density at radius 2 is 1.82 bits per heavy atom. The molecule has 0 unspecified atom stereocenters. The number of rotatable bonds is 5. The maximum absolute atomic E-state index is 14.9. The van der Waals surface area contributed by atoms with Crippen LogP contribution in [0.25, 0.3) is 22.4 Å². The fourth-order valence-corrected chi connectivity index (χ4v) is 3.16. The van der Waals surface area contributed by atoms with Crippen molar-refractivity contribution in [2.45, 2.75) is 18.0 Å². The average molecular weight is 467 g/mol. The first-order valence-corrected chi connectivity index (χ1v) is 9.55. The maximum Gasteiger partial charge on any atom is 0.434 e. The summed E-state index contributed by atoms with van der Waals surface area (Å²) >= 11 is 5.90. The number of fused-ring (bicyclic) bond motifs is 1. The van der Waals surface area contributed by atoms with Crippen LogP contribution in [-0.2, 0) is 18.0 Å². The minimum Gasteiger partial charge on any atom is -0.471 e. The summed E-state index contributed by atoms with van der Waals surface area (Å²) < 4.78 is 60.5. The van der Waals surface area contributed by atoms with Crippen molar-refractivity contribution in [3.63, 3.8) is 0 Å². The smallest absolute Gasteiger partial charge is 0.434 e. The van der Waals surface area contributed by atoms with Crippen LogP contribution in [0.4, 0.5) is 17.6 Å². The molecule has 33 heavy (non-hydrogen) atoms. The van der Waals surface area contributed by atoms with Gasteiger partial charge in [-0.25, -0.2) is 19.3 Å². The Labute approximate surface area is 193 Å². The number of ether oxygens (including phenoxy) is 1. The third kappa shape index (κ3) is 4.82. The van der Waals surface area contributed by atoms with Crippen LogP contribution < -0.4 is 4.74 Å². The summed E-state index contributed by atoms with van der Waals surface area (Å²) in [4.78, 5) is 15.6. The van der Waals surface area contributed by atoms with E-state index in [-0.39, 0.29) is 23.3 Å².